The molecule has 0 saturated carbocycles. The molecule has 0 amide bonds. The molecular weight excluding hydrogens is 480 g/mol. The fourth-order valence-electron chi connectivity index (χ4n) is 3.69. The Labute approximate surface area is 193 Å². The lowest BCUT2D eigenvalue weighted by atomic mass is 10.1. The Morgan fingerprint density at radius 2 is 1.69 bits per heavy atom. The van der Waals surface area contributed by atoms with Gasteiger partial charge in [-0.3, -0.25) is 13.9 Å². The summed E-state index contributed by atoms with van der Waals surface area (Å²) in [5.74, 6) is -1.51. The van der Waals surface area contributed by atoms with Crippen LogP contribution < -0.4 is 16.6 Å². The van der Waals surface area contributed by atoms with Crippen LogP contribution in [0, 0.1) is 18.6 Å². The summed E-state index contributed by atoms with van der Waals surface area (Å²) in [5, 5.41) is 3.44. The van der Waals surface area contributed by atoms with E-state index in [9.17, 15) is 18.4 Å². The van der Waals surface area contributed by atoms with Crippen LogP contribution in [-0.2, 0) is 13.1 Å². The van der Waals surface area contributed by atoms with Gasteiger partial charge in [-0.15, -0.1) is 0 Å². The molecule has 0 spiro atoms. The van der Waals surface area contributed by atoms with Crippen LogP contribution in [0.4, 0.5) is 8.78 Å². The van der Waals surface area contributed by atoms with Crippen LogP contribution >= 0.6 is 15.9 Å². The summed E-state index contributed by atoms with van der Waals surface area (Å²) in [6, 6.07) is 12.6. The number of rotatable bonds is 8. The Hall–Kier alpha value is -2.84. The largest absolute Gasteiger partial charge is 0.331 e. The highest BCUT2D eigenvalue weighted by Crippen LogP contribution is 2.19. The van der Waals surface area contributed by atoms with Gasteiger partial charge in [-0.25, -0.2) is 13.6 Å². The van der Waals surface area contributed by atoms with Crippen molar-refractivity contribution in [1.29, 1.82) is 0 Å². The molecule has 168 valence electrons. The minimum Gasteiger partial charge on any atom is -0.312 e. The van der Waals surface area contributed by atoms with Crippen molar-refractivity contribution >= 4 is 21.5 Å². The normalized spacial score (nSPS) is 12.0. The van der Waals surface area contributed by atoms with Crippen LogP contribution in [0.5, 0.6) is 0 Å². The smallest absolute Gasteiger partial charge is 0.312 e. The van der Waals surface area contributed by atoms with Crippen LogP contribution in [0.1, 0.15) is 28.4 Å². The van der Waals surface area contributed by atoms with Gasteiger partial charge in [0.25, 0.3) is 5.56 Å². The van der Waals surface area contributed by atoms with E-state index in [1.165, 1.54) is 10.6 Å². The molecule has 0 aliphatic heterocycles. The van der Waals surface area contributed by atoms with Gasteiger partial charge in [-0.1, -0.05) is 58.9 Å². The van der Waals surface area contributed by atoms with Gasteiger partial charge in [-0.2, -0.15) is 0 Å². The monoisotopic (exact) mass is 503 g/mol. The van der Waals surface area contributed by atoms with E-state index < -0.39 is 22.9 Å². The third-order valence-electron chi connectivity index (χ3n) is 5.50. The summed E-state index contributed by atoms with van der Waals surface area (Å²) in [4.78, 5) is 26.7. The van der Waals surface area contributed by atoms with Crippen LogP contribution in [-0.4, -0.2) is 21.5 Å². The summed E-state index contributed by atoms with van der Waals surface area (Å²) in [6.07, 6.45) is 0. The third kappa shape index (κ3) is 4.66. The molecule has 8 heteroatoms. The number of hydrogen-bond acceptors (Lipinski definition) is 3. The molecule has 3 rings (SSSR count). The van der Waals surface area contributed by atoms with Gasteiger partial charge in [0.1, 0.15) is 11.6 Å². The predicted octanol–water partition coefficient (Wildman–Crippen LogP) is 4.01. The Bertz CT molecular complexity index is 1230. The number of aromatic nitrogens is 2. The maximum absolute atomic E-state index is 14.3. The van der Waals surface area contributed by atoms with E-state index in [0.717, 1.165) is 22.3 Å². The van der Waals surface area contributed by atoms with Gasteiger partial charge >= 0.3 is 5.69 Å². The van der Waals surface area contributed by atoms with Gasteiger partial charge in [0.2, 0.25) is 0 Å². The van der Waals surface area contributed by atoms with Crippen molar-refractivity contribution in [3.05, 3.63) is 110 Å². The summed E-state index contributed by atoms with van der Waals surface area (Å²) < 4.78 is 31.0. The first-order valence-electron chi connectivity index (χ1n) is 10.0. The Morgan fingerprint density at radius 3 is 2.25 bits per heavy atom. The van der Waals surface area contributed by atoms with E-state index >= 15 is 0 Å². The van der Waals surface area contributed by atoms with Crippen molar-refractivity contribution in [2.45, 2.75) is 26.1 Å². The van der Waals surface area contributed by atoms with Crippen LogP contribution in [0.2, 0.25) is 0 Å². The quantitative estimate of drug-likeness (QED) is 0.472. The van der Waals surface area contributed by atoms with E-state index in [-0.39, 0.29) is 30.3 Å². The summed E-state index contributed by atoms with van der Waals surface area (Å²) in [6.45, 7) is 5.22. The molecule has 1 atom stereocenters. The van der Waals surface area contributed by atoms with Gasteiger partial charge in [0.05, 0.1) is 24.7 Å². The molecule has 1 N–H and O–H groups in total. The highest BCUT2D eigenvalue weighted by atomic mass is 79.9. The molecule has 1 unspecified atom stereocenters. The zero-order valence-electron chi connectivity index (χ0n) is 17.9. The summed E-state index contributed by atoms with van der Waals surface area (Å²) in [5.41, 5.74) is 0.562. The molecule has 0 saturated heterocycles. The molecule has 0 aliphatic carbocycles. The van der Waals surface area contributed by atoms with Gasteiger partial charge < -0.3 is 5.32 Å². The number of alkyl halides is 1. The summed E-state index contributed by atoms with van der Waals surface area (Å²) in [7, 11) is 1.74. The molecule has 2 aromatic carbocycles. The van der Waals surface area contributed by atoms with E-state index in [0.29, 0.717) is 16.6 Å². The standard InChI is InChI=1S/C24H24BrF2N3O2/c1-15(12-25)22-16(2)29(13-18-19(26)10-7-11-20(18)27)24(32)30(23(22)31)14-21(28-3)17-8-5-4-6-9-17/h4-11,21,28H,1,12-14H2,2-3H3. The third-order valence-corrected chi connectivity index (χ3v) is 6.17. The minimum absolute atomic E-state index is 0.0424. The zero-order valence-corrected chi connectivity index (χ0v) is 19.5. The molecule has 32 heavy (non-hydrogen) atoms. The molecule has 0 aliphatic rings. The van der Waals surface area contributed by atoms with Crippen molar-refractivity contribution in [3.8, 4) is 0 Å². The topological polar surface area (TPSA) is 56.0 Å². The zero-order chi connectivity index (χ0) is 23.4. The van der Waals surface area contributed by atoms with Crippen LogP contribution in [0.25, 0.3) is 5.57 Å². The van der Waals surface area contributed by atoms with Crippen molar-refractivity contribution in [3.63, 3.8) is 0 Å². The maximum atomic E-state index is 14.3. The van der Waals surface area contributed by atoms with Gasteiger partial charge in [0, 0.05) is 16.6 Å². The highest BCUT2D eigenvalue weighted by molar-refractivity contribution is 9.09. The van der Waals surface area contributed by atoms with Crippen LogP contribution in [0.3, 0.4) is 0 Å². The molecule has 0 radical (unpaired) electrons. The maximum Gasteiger partial charge on any atom is 0.331 e. The molecule has 5 nitrogen and oxygen atoms in total. The van der Waals surface area contributed by atoms with Crippen molar-refractivity contribution in [2.75, 3.05) is 12.4 Å². The molecule has 0 fully saturated rings. The van der Waals surface area contributed by atoms with Crippen molar-refractivity contribution in [2.24, 2.45) is 0 Å². The first kappa shape index (κ1) is 23.8. The SMILES string of the molecule is C=C(CBr)c1c(C)n(Cc2c(F)cccc2F)c(=O)n(CC(NC)c2ccccc2)c1=O. The van der Waals surface area contributed by atoms with E-state index in [4.69, 9.17) is 0 Å². The number of hydrogen-bond donors (Lipinski definition) is 1. The lowest BCUT2D eigenvalue weighted by Gasteiger charge is -2.22. The molecular formula is C24H24BrF2N3O2. The Kier molecular flexibility index (Phi) is 7.58. The minimum atomic E-state index is -0.757. The molecule has 1 heterocycles. The second-order valence-corrected chi connectivity index (χ2v) is 7.99. The second kappa shape index (κ2) is 10.2. The number of nitrogens with one attached hydrogen (secondary N) is 1. The molecule has 0 bridgehead atoms. The fourth-order valence-corrected chi connectivity index (χ4v) is 3.97. The average molecular weight is 504 g/mol. The molecule has 1 aromatic heterocycles. The molecule has 3 aromatic rings. The van der Waals surface area contributed by atoms with E-state index in [1.807, 2.05) is 30.3 Å². The average Bonchev–Trinajstić information content (AvgIpc) is 2.79. The second-order valence-electron chi connectivity index (χ2n) is 7.43. The summed E-state index contributed by atoms with van der Waals surface area (Å²) >= 11 is 3.31. The van der Waals surface area contributed by atoms with Crippen LogP contribution in [0.15, 0.2) is 64.7 Å². The number of nitrogens with zero attached hydrogens (tertiary/aromatic N) is 2. The van der Waals surface area contributed by atoms with Gasteiger partial charge in [0.15, 0.2) is 0 Å². The lowest BCUT2D eigenvalue weighted by molar-refractivity contribution is 0.454. The predicted molar refractivity (Wildman–Crippen MR) is 126 cm³/mol. The lowest BCUT2D eigenvalue weighted by Crippen LogP contribution is -2.45. The first-order valence-corrected chi connectivity index (χ1v) is 11.2. The number of benzene rings is 2. The number of halogens is 3. The highest BCUT2D eigenvalue weighted by Gasteiger charge is 2.22. The number of allylic oxidation sites excluding steroid dienone is 1. The number of likely N-dealkylation sites (N-methyl/N-ethyl adjacent to an activating group) is 1. The van der Waals surface area contributed by atoms with E-state index in [2.05, 4.69) is 27.8 Å². The fraction of sp³-hybridized carbons (Fsp3) is 0.250. The van der Waals surface area contributed by atoms with E-state index in [1.54, 1.807) is 14.0 Å². The van der Waals surface area contributed by atoms with Crippen molar-refractivity contribution in [1.82, 2.24) is 14.5 Å². The van der Waals surface area contributed by atoms with Gasteiger partial charge in [-0.05, 0) is 37.2 Å². The Morgan fingerprint density at radius 1 is 1.06 bits per heavy atom. The Balaban J connectivity index is 2.21. The first-order chi connectivity index (χ1) is 15.3. The van der Waals surface area contributed by atoms with Crippen molar-refractivity contribution < 1.29 is 8.78 Å².